The van der Waals surface area contributed by atoms with Gasteiger partial charge < -0.3 is 43.9 Å². The summed E-state index contributed by atoms with van der Waals surface area (Å²) in [6, 6.07) is 14.6. The van der Waals surface area contributed by atoms with E-state index in [0.717, 1.165) is 71.1 Å². The minimum absolute atomic E-state index is 0.210. The van der Waals surface area contributed by atoms with E-state index in [1.807, 2.05) is 62.4 Å². The van der Waals surface area contributed by atoms with Crippen molar-refractivity contribution in [2.24, 2.45) is 0 Å². The lowest BCUT2D eigenvalue weighted by Gasteiger charge is -2.10. The van der Waals surface area contributed by atoms with E-state index in [4.69, 9.17) is 96.4 Å². The van der Waals surface area contributed by atoms with Gasteiger partial charge >= 0.3 is 31.2 Å². The number of aromatic nitrogens is 4. The molecule has 55 heavy (non-hydrogen) atoms. The van der Waals surface area contributed by atoms with Gasteiger partial charge in [-0.25, -0.2) is 9.97 Å². The first-order valence-corrected chi connectivity index (χ1v) is 19.1. The van der Waals surface area contributed by atoms with Gasteiger partial charge in [0.1, 0.15) is 23.1 Å². The number of hydrogen-bond donors (Lipinski definition) is 12. The van der Waals surface area contributed by atoms with E-state index in [2.05, 4.69) is 19.9 Å². The third-order valence-electron chi connectivity index (χ3n) is 5.97. The molecule has 308 valence electrons. The second kappa shape index (κ2) is 23.4. The molecule has 0 saturated heterocycles. The largest absolute Gasteiger partial charge is 0.494 e. The molecule has 18 N–H and O–H groups in total. The summed E-state index contributed by atoms with van der Waals surface area (Å²) in [5.41, 5.74) is 38.9. The number of nitrogens with zero attached hydrogens (tertiary/aromatic N) is 4. The second-order valence-corrected chi connectivity index (χ2v) is 13.1. The number of aryl methyl sites for hydroxylation is 2. The zero-order valence-corrected chi connectivity index (χ0v) is 31.7. The van der Waals surface area contributed by atoms with Crippen molar-refractivity contribution in [3.63, 3.8) is 0 Å². The van der Waals surface area contributed by atoms with Crippen LogP contribution in [0.15, 0.2) is 48.5 Å². The molecule has 24 nitrogen and oxygen atoms in total. The van der Waals surface area contributed by atoms with Crippen molar-refractivity contribution < 1.29 is 62.0 Å². The molecule has 0 fully saturated rings. The summed E-state index contributed by atoms with van der Waals surface area (Å²) in [5.74, 6) is 2.92. The Morgan fingerprint density at radius 3 is 0.982 bits per heavy atom. The minimum Gasteiger partial charge on any atom is -0.494 e. The molecular formula is C28H44N10O14S3. The highest BCUT2D eigenvalue weighted by molar-refractivity contribution is 7.80. The SMILES string of the molecule is Cc1nc(N)nc(N)c1CCCOc1ccc(N)cc1.Cc1nc(N)nc(N)c1CCCOc1ccc(N)cc1.O=S(=O)(O)O.O=S(=O)(O)O.O=S(=O)(O)O. The van der Waals surface area contributed by atoms with Crippen LogP contribution in [-0.2, 0) is 44.0 Å². The summed E-state index contributed by atoms with van der Waals surface area (Å²) in [7, 11) is -14.0. The lowest BCUT2D eigenvalue weighted by atomic mass is 10.1. The molecule has 0 aliphatic rings. The topological polar surface area (TPSA) is 450 Å². The number of ether oxygens (including phenoxy) is 2. The van der Waals surface area contributed by atoms with Gasteiger partial charge in [-0.15, -0.1) is 0 Å². The molecule has 0 aliphatic carbocycles. The van der Waals surface area contributed by atoms with Crippen molar-refractivity contribution in [2.45, 2.75) is 39.5 Å². The van der Waals surface area contributed by atoms with Crippen molar-refractivity contribution in [1.29, 1.82) is 0 Å². The number of benzene rings is 2. The number of rotatable bonds is 10. The average molecular weight is 841 g/mol. The molecule has 0 saturated carbocycles. The first kappa shape index (κ1) is 49.6. The monoisotopic (exact) mass is 840 g/mol. The zero-order chi connectivity index (χ0) is 42.6. The molecule has 2 aromatic heterocycles. The smallest absolute Gasteiger partial charge is 0.394 e. The van der Waals surface area contributed by atoms with Crippen molar-refractivity contribution in [2.75, 3.05) is 47.6 Å². The summed E-state index contributed by atoms with van der Waals surface area (Å²) in [6.07, 6.45) is 3.16. The predicted octanol–water partition coefficient (Wildman–Crippen LogP) is 1.13. The summed E-state index contributed by atoms with van der Waals surface area (Å²) in [4.78, 5) is 16.2. The second-order valence-electron chi connectivity index (χ2n) is 10.4. The lowest BCUT2D eigenvalue weighted by Crippen LogP contribution is -2.08. The van der Waals surface area contributed by atoms with Gasteiger partial charge in [0.25, 0.3) is 0 Å². The van der Waals surface area contributed by atoms with Crippen LogP contribution in [0.2, 0.25) is 0 Å². The average Bonchev–Trinajstić information content (AvgIpc) is 2.99. The zero-order valence-electron chi connectivity index (χ0n) is 29.3. The molecule has 2 heterocycles. The van der Waals surface area contributed by atoms with Crippen molar-refractivity contribution in [3.8, 4) is 11.5 Å². The Hall–Kier alpha value is -5.39. The maximum atomic E-state index is 8.74. The highest BCUT2D eigenvalue weighted by Gasteiger charge is 2.09. The molecule has 27 heteroatoms. The Bertz CT molecular complexity index is 1860. The van der Waals surface area contributed by atoms with Crippen molar-refractivity contribution in [1.82, 2.24) is 19.9 Å². The van der Waals surface area contributed by atoms with E-state index >= 15 is 0 Å². The third-order valence-corrected chi connectivity index (χ3v) is 5.97. The van der Waals surface area contributed by atoms with Gasteiger partial charge in [-0.3, -0.25) is 27.3 Å². The van der Waals surface area contributed by atoms with E-state index in [-0.39, 0.29) is 11.9 Å². The van der Waals surface area contributed by atoms with Gasteiger partial charge in [-0.2, -0.15) is 35.2 Å². The molecule has 0 amide bonds. The first-order valence-electron chi connectivity index (χ1n) is 15.0. The molecule has 0 aliphatic heterocycles. The molecule has 4 rings (SSSR count). The Morgan fingerprint density at radius 1 is 0.491 bits per heavy atom. The number of nitrogen functional groups attached to an aromatic ring is 6. The highest BCUT2D eigenvalue weighted by Crippen LogP contribution is 2.19. The van der Waals surface area contributed by atoms with Crippen LogP contribution in [0.25, 0.3) is 0 Å². The van der Waals surface area contributed by atoms with E-state index in [9.17, 15) is 0 Å². The maximum Gasteiger partial charge on any atom is 0.394 e. The Labute approximate surface area is 317 Å². The molecule has 0 unspecified atom stereocenters. The van der Waals surface area contributed by atoms with Gasteiger partial charge in [-0.1, -0.05) is 0 Å². The molecule has 0 bridgehead atoms. The van der Waals surface area contributed by atoms with Gasteiger partial charge in [0.15, 0.2) is 0 Å². The minimum atomic E-state index is -4.67. The van der Waals surface area contributed by atoms with Crippen molar-refractivity contribution >= 4 is 66.1 Å². The van der Waals surface area contributed by atoms with Crippen LogP contribution in [0.5, 0.6) is 11.5 Å². The molecular weight excluding hydrogens is 797 g/mol. The molecule has 4 aromatic rings. The van der Waals surface area contributed by atoms with Crippen LogP contribution in [0, 0.1) is 13.8 Å². The first-order chi connectivity index (χ1) is 25.1. The summed E-state index contributed by atoms with van der Waals surface area (Å²) >= 11 is 0. The van der Waals surface area contributed by atoms with Crippen LogP contribution in [0.3, 0.4) is 0 Å². The van der Waals surface area contributed by atoms with E-state index in [1.165, 1.54) is 0 Å². The number of nitrogens with two attached hydrogens (primary N) is 6. The van der Waals surface area contributed by atoms with E-state index < -0.39 is 31.2 Å². The summed E-state index contributed by atoms with van der Waals surface area (Å²) < 4.78 is 106. The van der Waals surface area contributed by atoms with E-state index in [0.29, 0.717) is 24.8 Å². The maximum absolute atomic E-state index is 8.74. The Morgan fingerprint density at radius 2 is 0.745 bits per heavy atom. The Kier molecular flexibility index (Phi) is 21.1. The fraction of sp³-hybridized carbons (Fsp3) is 0.286. The number of anilines is 6. The van der Waals surface area contributed by atoms with Crippen LogP contribution < -0.4 is 43.9 Å². The normalized spacial score (nSPS) is 10.8. The highest BCUT2D eigenvalue weighted by atomic mass is 32.3. The van der Waals surface area contributed by atoms with Gasteiger partial charge in [0.2, 0.25) is 11.9 Å². The van der Waals surface area contributed by atoms with Gasteiger partial charge in [0, 0.05) is 33.9 Å². The van der Waals surface area contributed by atoms with Gasteiger partial charge in [0.05, 0.1) is 13.2 Å². The third kappa shape index (κ3) is 28.7. The standard InChI is InChI=1S/2C14H19N5O.3H2O4S/c2*1-9-12(13(16)19-14(17)18-9)3-2-8-20-11-6-4-10(15)5-7-11;3*1-5(2,3)4/h2*4-7H,2-3,8,15H2,1H3,(H4,16,17,18,19);3*(H2,1,2,3,4). The quantitative estimate of drug-likeness (QED) is 0.0604. The molecule has 2 aromatic carbocycles. The van der Waals surface area contributed by atoms with Gasteiger partial charge in [-0.05, 0) is 88.1 Å². The van der Waals surface area contributed by atoms with Crippen LogP contribution in [0.1, 0.15) is 35.4 Å². The van der Waals surface area contributed by atoms with Crippen LogP contribution >= 0.6 is 0 Å². The summed E-state index contributed by atoms with van der Waals surface area (Å²) in [5, 5.41) is 0. The Balaban J connectivity index is 0.000000778. The number of hydrogen-bond acceptors (Lipinski definition) is 18. The molecule has 0 spiro atoms. The van der Waals surface area contributed by atoms with Crippen LogP contribution in [-0.4, -0.2) is 85.7 Å². The molecule has 0 radical (unpaired) electrons. The fourth-order valence-corrected chi connectivity index (χ4v) is 3.91. The molecule has 0 atom stereocenters. The van der Waals surface area contributed by atoms with E-state index in [1.54, 1.807) is 0 Å². The summed E-state index contributed by atoms with van der Waals surface area (Å²) in [6.45, 7) is 4.94. The predicted molar refractivity (Wildman–Crippen MR) is 203 cm³/mol. The van der Waals surface area contributed by atoms with Crippen molar-refractivity contribution in [3.05, 3.63) is 71.0 Å². The fourth-order valence-electron chi connectivity index (χ4n) is 3.91. The van der Waals surface area contributed by atoms with Crippen LogP contribution in [0.4, 0.5) is 34.9 Å². The lowest BCUT2D eigenvalue weighted by molar-refractivity contribution is 0.311.